The Balaban J connectivity index is 1.52. The molecule has 3 atom stereocenters. The van der Waals surface area contributed by atoms with Gasteiger partial charge in [-0.2, -0.15) is 0 Å². The average Bonchev–Trinajstić information content (AvgIpc) is 2.80. The van der Waals surface area contributed by atoms with Crippen molar-refractivity contribution in [3.63, 3.8) is 0 Å². The van der Waals surface area contributed by atoms with E-state index < -0.39 is 0 Å². The highest BCUT2D eigenvalue weighted by molar-refractivity contribution is 5.17. The molecular formula is C19H32O. The van der Waals surface area contributed by atoms with Gasteiger partial charge in [-0.1, -0.05) is 43.6 Å². The number of unbranched alkanes of at least 4 members (excludes halogenated alkanes) is 3. The first-order chi connectivity index (χ1) is 9.56. The molecule has 2 aliphatic rings. The third-order valence-electron chi connectivity index (χ3n) is 4.72. The van der Waals surface area contributed by atoms with E-state index in [-0.39, 0.29) is 5.60 Å². The molecule has 0 spiro atoms. The van der Waals surface area contributed by atoms with E-state index in [0.717, 1.165) is 24.4 Å². The second-order valence-corrected chi connectivity index (χ2v) is 7.51. The van der Waals surface area contributed by atoms with E-state index in [1.165, 1.54) is 44.9 Å². The highest BCUT2D eigenvalue weighted by Crippen LogP contribution is 2.42. The van der Waals surface area contributed by atoms with Crippen LogP contribution in [0.1, 0.15) is 65.7 Å². The van der Waals surface area contributed by atoms with E-state index in [2.05, 4.69) is 45.1 Å². The molecule has 3 unspecified atom stereocenters. The minimum Gasteiger partial charge on any atom is -0.376 e. The zero-order valence-electron chi connectivity index (χ0n) is 13.6. The van der Waals surface area contributed by atoms with Gasteiger partial charge in [0.05, 0.1) is 5.60 Å². The summed E-state index contributed by atoms with van der Waals surface area (Å²) in [6.45, 7) is 7.33. The summed E-state index contributed by atoms with van der Waals surface area (Å²) in [5, 5.41) is 0. The van der Waals surface area contributed by atoms with Gasteiger partial charge >= 0.3 is 0 Å². The fourth-order valence-electron chi connectivity index (χ4n) is 3.64. The molecule has 0 radical (unpaired) electrons. The Morgan fingerprint density at radius 2 is 1.70 bits per heavy atom. The Morgan fingerprint density at radius 1 is 0.950 bits per heavy atom. The van der Waals surface area contributed by atoms with Gasteiger partial charge in [0.1, 0.15) is 0 Å². The van der Waals surface area contributed by atoms with Crippen molar-refractivity contribution in [1.82, 2.24) is 0 Å². The Labute approximate surface area is 125 Å². The summed E-state index contributed by atoms with van der Waals surface area (Å²) in [4.78, 5) is 0. The van der Waals surface area contributed by atoms with E-state index in [1.807, 2.05) is 0 Å². The fraction of sp³-hybridized carbons (Fsp3) is 0.789. The normalized spacial score (nSPS) is 28.9. The maximum atomic E-state index is 5.76. The largest absolute Gasteiger partial charge is 0.376 e. The monoisotopic (exact) mass is 276 g/mol. The molecule has 0 saturated heterocycles. The molecule has 0 amide bonds. The lowest BCUT2D eigenvalue weighted by molar-refractivity contribution is -0.00477. The van der Waals surface area contributed by atoms with Gasteiger partial charge in [-0.05, 0) is 64.2 Å². The van der Waals surface area contributed by atoms with E-state index in [9.17, 15) is 0 Å². The van der Waals surface area contributed by atoms with Crippen LogP contribution >= 0.6 is 0 Å². The first-order valence-electron chi connectivity index (χ1n) is 8.55. The van der Waals surface area contributed by atoms with Crippen LogP contribution in [0.25, 0.3) is 0 Å². The standard InChI is InChI=1S/C19H32O/c1-19(2,3)20-15-9-5-4-6-10-16-13-14-17-11-7-8-12-18(16)17/h7-8,11-12,16-18H,4-6,9-10,13-15H2,1-3H3. The van der Waals surface area contributed by atoms with Crippen LogP contribution in [-0.2, 0) is 4.74 Å². The van der Waals surface area contributed by atoms with Crippen molar-refractivity contribution in [3.8, 4) is 0 Å². The van der Waals surface area contributed by atoms with Crippen molar-refractivity contribution >= 4 is 0 Å². The summed E-state index contributed by atoms with van der Waals surface area (Å²) < 4.78 is 5.76. The molecule has 2 aliphatic carbocycles. The summed E-state index contributed by atoms with van der Waals surface area (Å²) >= 11 is 0. The van der Waals surface area contributed by atoms with E-state index in [0.29, 0.717) is 0 Å². The lowest BCUT2D eigenvalue weighted by Gasteiger charge is -2.22. The Hall–Kier alpha value is -0.560. The molecule has 0 aromatic carbocycles. The van der Waals surface area contributed by atoms with Crippen LogP contribution in [0.4, 0.5) is 0 Å². The highest BCUT2D eigenvalue weighted by Gasteiger charge is 2.32. The molecule has 0 heterocycles. The molecule has 0 aliphatic heterocycles. The smallest absolute Gasteiger partial charge is 0.0598 e. The number of hydrogen-bond acceptors (Lipinski definition) is 1. The van der Waals surface area contributed by atoms with Crippen LogP contribution in [0.3, 0.4) is 0 Å². The van der Waals surface area contributed by atoms with Crippen molar-refractivity contribution in [3.05, 3.63) is 24.3 Å². The molecule has 1 saturated carbocycles. The van der Waals surface area contributed by atoms with Gasteiger partial charge in [0.2, 0.25) is 0 Å². The van der Waals surface area contributed by atoms with Crippen molar-refractivity contribution in [2.75, 3.05) is 6.61 Å². The molecule has 20 heavy (non-hydrogen) atoms. The first-order valence-corrected chi connectivity index (χ1v) is 8.55. The van der Waals surface area contributed by atoms with Gasteiger partial charge in [-0.15, -0.1) is 0 Å². The van der Waals surface area contributed by atoms with Gasteiger partial charge in [0.25, 0.3) is 0 Å². The maximum absolute atomic E-state index is 5.76. The average molecular weight is 276 g/mol. The summed E-state index contributed by atoms with van der Waals surface area (Å²) in [5.74, 6) is 2.65. The number of rotatable bonds is 7. The molecule has 0 aromatic heterocycles. The number of hydrogen-bond donors (Lipinski definition) is 0. The summed E-state index contributed by atoms with van der Waals surface area (Å²) in [6, 6.07) is 0. The third-order valence-corrected chi connectivity index (χ3v) is 4.72. The zero-order chi connectivity index (χ0) is 14.4. The number of allylic oxidation sites excluding steroid dienone is 4. The highest BCUT2D eigenvalue weighted by atomic mass is 16.5. The molecule has 0 N–H and O–H groups in total. The maximum Gasteiger partial charge on any atom is 0.0598 e. The van der Waals surface area contributed by atoms with Crippen molar-refractivity contribution < 1.29 is 4.74 Å². The molecular weight excluding hydrogens is 244 g/mol. The minimum absolute atomic E-state index is 0.0275. The summed E-state index contributed by atoms with van der Waals surface area (Å²) in [5.41, 5.74) is 0.0275. The summed E-state index contributed by atoms with van der Waals surface area (Å²) in [6.07, 6.45) is 19.0. The van der Waals surface area contributed by atoms with Crippen LogP contribution < -0.4 is 0 Å². The SMILES string of the molecule is CC(C)(C)OCCCCCCC1CCC2C=CC=CC21. The molecule has 114 valence electrons. The minimum atomic E-state index is 0.0275. The predicted molar refractivity (Wildman–Crippen MR) is 86.8 cm³/mol. The second kappa shape index (κ2) is 7.45. The Kier molecular flexibility index (Phi) is 5.89. The van der Waals surface area contributed by atoms with Crippen LogP contribution in [0.2, 0.25) is 0 Å². The van der Waals surface area contributed by atoms with E-state index >= 15 is 0 Å². The molecule has 0 bridgehead atoms. The topological polar surface area (TPSA) is 9.23 Å². The summed E-state index contributed by atoms with van der Waals surface area (Å²) in [7, 11) is 0. The van der Waals surface area contributed by atoms with Crippen LogP contribution in [0, 0.1) is 17.8 Å². The fourth-order valence-corrected chi connectivity index (χ4v) is 3.64. The van der Waals surface area contributed by atoms with Gasteiger partial charge in [0, 0.05) is 6.61 Å². The lowest BCUT2D eigenvalue weighted by Crippen LogP contribution is -2.19. The van der Waals surface area contributed by atoms with Crippen molar-refractivity contribution in [2.24, 2.45) is 17.8 Å². The zero-order valence-corrected chi connectivity index (χ0v) is 13.6. The van der Waals surface area contributed by atoms with Crippen molar-refractivity contribution in [2.45, 2.75) is 71.3 Å². The predicted octanol–water partition coefficient (Wildman–Crippen LogP) is 5.52. The lowest BCUT2D eigenvalue weighted by atomic mass is 9.84. The first kappa shape index (κ1) is 15.8. The quantitative estimate of drug-likeness (QED) is 0.556. The Bertz CT molecular complexity index is 334. The molecule has 2 rings (SSSR count). The van der Waals surface area contributed by atoms with Crippen LogP contribution in [-0.4, -0.2) is 12.2 Å². The van der Waals surface area contributed by atoms with Crippen LogP contribution in [0.5, 0.6) is 0 Å². The third kappa shape index (κ3) is 5.09. The molecule has 0 aromatic rings. The molecule has 1 fully saturated rings. The van der Waals surface area contributed by atoms with Crippen molar-refractivity contribution in [1.29, 1.82) is 0 Å². The molecule has 1 nitrogen and oxygen atoms in total. The number of ether oxygens (including phenoxy) is 1. The molecule has 1 heteroatoms. The van der Waals surface area contributed by atoms with Gasteiger partial charge in [-0.3, -0.25) is 0 Å². The van der Waals surface area contributed by atoms with E-state index in [1.54, 1.807) is 0 Å². The van der Waals surface area contributed by atoms with E-state index in [4.69, 9.17) is 4.74 Å². The van der Waals surface area contributed by atoms with Gasteiger partial charge < -0.3 is 4.74 Å². The second-order valence-electron chi connectivity index (χ2n) is 7.51. The van der Waals surface area contributed by atoms with Crippen LogP contribution in [0.15, 0.2) is 24.3 Å². The Morgan fingerprint density at radius 3 is 2.50 bits per heavy atom. The van der Waals surface area contributed by atoms with Gasteiger partial charge in [-0.25, -0.2) is 0 Å². The van der Waals surface area contributed by atoms with Gasteiger partial charge in [0.15, 0.2) is 0 Å². The number of fused-ring (bicyclic) bond motifs is 1.